The molecule has 1 unspecified atom stereocenters. The van der Waals surface area contributed by atoms with Crippen molar-refractivity contribution < 1.29 is 9.53 Å². The van der Waals surface area contributed by atoms with Crippen LogP contribution in [-0.4, -0.2) is 12.6 Å². The van der Waals surface area contributed by atoms with E-state index in [1.165, 1.54) is 0 Å². The van der Waals surface area contributed by atoms with Crippen LogP contribution in [0, 0.1) is 5.92 Å². The normalized spacial score (nSPS) is 12.7. The molecule has 1 atom stereocenters. The van der Waals surface area contributed by atoms with Crippen LogP contribution in [0.3, 0.4) is 0 Å². The number of hydrogen-bond donors (Lipinski definition) is 0. The van der Waals surface area contributed by atoms with Crippen LogP contribution < -0.4 is 0 Å². The van der Waals surface area contributed by atoms with Crippen molar-refractivity contribution in [3.05, 3.63) is 24.3 Å². The van der Waals surface area contributed by atoms with Crippen LogP contribution in [0.25, 0.3) is 0 Å². The summed E-state index contributed by atoms with van der Waals surface area (Å²) in [6.45, 7) is 10.3. The summed E-state index contributed by atoms with van der Waals surface area (Å²) in [7, 11) is 0. The third kappa shape index (κ3) is 9.26. The molecule has 0 amide bonds. The first-order chi connectivity index (χ1) is 7.06. The van der Waals surface area contributed by atoms with Gasteiger partial charge >= 0.3 is 5.97 Å². The van der Waals surface area contributed by atoms with Crippen molar-refractivity contribution in [3.8, 4) is 0 Å². The second-order valence-corrected chi connectivity index (χ2v) is 3.95. The van der Waals surface area contributed by atoms with E-state index in [1.54, 1.807) is 6.92 Å². The van der Waals surface area contributed by atoms with E-state index in [4.69, 9.17) is 4.74 Å². The van der Waals surface area contributed by atoms with E-state index in [0.717, 1.165) is 18.4 Å². The highest BCUT2D eigenvalue weighted by atomic mass is 16.5. The van der Waals surface area contributed by atoms with Gasteiger partial charge in [0.1, 0.15) is 0 Å². The van der Waals surface area contributed by atoms with Gasteiger partial charge in [-0.2, -0.15) is 0 Å². The van der Waals surface area contributed by atoms with Crippen molar-refractivity contribution >= 4 is 5.97 Å². The Hall–Kier alpha value is -1.05. The summed E-state index contributed by atoms with van der Waals surface area (Å²) >= 11 is 0. The second-order valence-electron chi connectivity index (χ2n) is 3.95. The lowest BCUT2D eigenvalue weighted by Gasteiger charge is -2.08. The van der Waals surface area contributed by atoms with Crippen LogP contribution in [0.5, 0.6) is 0 Å². The standard InChI is InChI=1S/C13H22O2/c1-5-13(14)15-10-9-12(4)8-6-7-11(2)3/h6-7,12H,2,5,8-10H2,1,3-4H3. The molecule has 0 spiro atoms. The largest absolute Gasteiger partial charge is 0.466 e. The SMILES string of the molecule is C=C(C)C=CCC(C)CCOC(=O)CC. The summed E-state index contributed by atoms with van der Waals surface area (Å²) in [5.41, 5.74) is 1.07. The maximum absolute atomic E-state index is 10.8. The fourth-order valence-corrected chi connectivity index (χ4v) is 1.10. The topological polar surface area (TPSA) is 26.3 Å². The summed E-state index contributed by atoms with van der Waals surface area (Å²) in [5, 5.41) is 0. The van der Waals surface area contributed by atoms with E-state index in [9.17, 15) is 4.79 Å². The minimum absolute atomic E-state index is 0.111. The van der Waals surface area contributed by atoms with Gasteiger partial charge in [0.2, 0.25) is 0 Å². The van der Waals surface area contributed by atoms with Gasteiger partial charge in [0.15, 0.2) is 0 Å². The molecule has 0 saturated heterocycles. The molecule has 0 aliphatic carbocycles. The number of hydrogen-bond acceptors (Lipinski definition) is 2. The lowest BCUT2D eigenvalue weighted by atomic mass is 10.0. The van der Waals surface area contributed by atoms with Crippen LogP contribution >= 0.6 is 0 Å². The van der Waals surface area contributed by atoms with Crippen molar-refractivity contribution in [2.24, 2.45) is 5.92 Å². The molecular formula is C13H22O2. The first-order valence-electron chi connectivity index (χ1n) is 5.54. The Labute approximate surface area is 93.0 Å². The number of rotatable bonds is 7. The number of ether oxygens (including phenoxy) is 1. The highest BCUT2D eigenvalue weighted by Crippen LogP contribution is 2.09. The molecule has 0 aromatic rings. The Morgan fingerprint density at radius 2 is 2.20 bits per heavy atom. The summed E-state index contributed by atoms with van der Waals surface area (Å²) < 4.78 is 5.01. The maximum Gasteiger partial charge on any atom is 0.305 e. The van der Waals surface area contributed by atoms with Gasteiger partial charge in [-0.3, -0.25) is 4.79 Å². The van der Waals surface area contributed by atoms with E-state index in [0.29, 0.717) is 18.9 Å². The molecule has 0 saturated carbocycles. The quantitative estimate of drug-likeness (QED) is 0.475. The van der Waals surface area contributed by atoms with Gasteiger partial charge < -0.3 is 4.74 Å². The molecule has 0 fully saturated rings. The first kappa shape index (κ1) is 13.9. The highest BCUT2D eigenvalue weighted by molar-refractivity contribution is 5.68. The molecule has 2 nitrogen and oxygen atoms in total. The Bertz CT molecular complexity index is 229. The van der Waals surface area contributed by atoms with Gasteiger partial charge in [-0.25, -0.2) is 0 Å². The van der Waals surface area contributed by atoms with Crippen molar-refractivity contribution in [3.63, 3.8) is 0 Å². The molecule has 0 aromatic carbocycles. The molecule has 2 heteroatoms. The minimum atomic E-state index is -0.111. The predicted octanol–water partition coefficient (Wildman–Crippen LogP) is 3.49. The Morgan fingerprint density at radius 1 is 1.53 bits per heavy atom. The minimum Gasteiger partial charge on any atom is -0.466 e. The van der Waals surface area contributed by atoms with Crippen molar-refractivity contribution in [2.75, 3.05) is 6.61 Å². The fraction of sp³-hybridized carbons (Fsp3) is 0.615. The average molecular weight is 210 g/mol. The van der Waals surface area contributed by atoms with E-state index >= 15 is 0 Å². The number of carbonyl (C=O) groups is 1. The monoisotopic (exact) mass is 210 g/mol. The van der Waals surface area contributed by atoms with E-state index in [2.05, 4.69) is 19.6 Å². The maximum atomic E-state index is 10.8. The predicted molar refractivity (Wildman–Crippen MR) is 63.6 cm³/mol. The molecule has 0 radical (unpaired) electrons. The molecule has 0 heterocycles. The molecule has 0 aliphatic rings. The van der Waals surface area contributed by atoms with Gasteiger partial charge in [0.05, 0.1) is 6.61 Å². The molecule has 0 bridgehead atoms. The molecule has 0 aliphatic heterocycles. The number of carbonyl (C=O) groups excluding carboxylic acids is 1. The van der Waals surface area contributed by atoms with E-state index in [1.807, 2.05) is 13.0 Å². The average Bonchev–Trinajstić information content (AvgIpc) is 2.17. The molecule has 86 valence electrons. The zero-order valence-corrected chi connectivity index (χ0v) is 10.1. The van der Waals surface area contributed by atoms with Crippen molar-refractivity contribution in [1.82, 2.24) is 0 Å². The Morgan fingerprint density at radius 3 is 2.73 bits per heavy atom. The first-order valence-corrected chi connectivity index (χ1v) is 5.54. The summed E-state index contributed by atoms with van der Waals surface area (Å²) in [6.07, 6.45) is 6.54. The molecule has 0 aromatic heterocycles. The molecule has 0 rings (SSSR count). The molecule has 15 heavy (non-hydrogen) atoms. The van der Waals surface area contributed by atoms with Crippen molar-refractivity contribution in [1.29, 1.82) is 0 Å². The highest BCUT2D eigenvalue weighted by Gasteiger charge is 2.02. The summed E-state index contributed by atoms with van der Waals surface area (Å²) in [6, 6.07) is 0. The van der Waals surface area contributed by atoms with Gasteiger partial charge in [-0.1, -0.05) is 38.2 Å². The number of allylic oxidation sites excluding steroid dienone is 3. The lowest BCUT2D eigenvalue weighted by molar-refractivity contribution is -0.143. The van der Waals surface area contributed by atoms with Gasteiger partial charge in [0, 0.05) is 6.42 Å². The lowest BCUT2D eigenvalue weighted by Crippen LogP contribution is -2.06. The third-order valence-electron chi connectivity index (χ3n) is 2.10. The fourth-order valence-electron chi connectivity index (χ4n) is 1.10. The third-order valence-corrected chi connectivity index (χ3v) is 2.10. The summed E-state index contributed by atoms with van der Waals surface area (Å²) in [4.78, 5) is 10.8. The van der Waals surface area contributed by atoms with Gasteiger partial charge in [0.25, 0.3) is 0 Å². The van der Waals surface area contributed by atoms with E-state index < -0.39 is 0 Å². The second kappa shape index (κ2) is 8.27. The number of esters is 1. The van der Waals surface area contributed by atoms with Crippen LogP contribution in [0.2, 0.25) is 0 Å². The Kier molecular flexibility index (Phi) is 7.69. The van der Waals surface area contributed by atoms with Crippen LogP contribution in [0.1, 0.15) is 40.0 Å². The zero-order chi connectivity index (χ0) is 11.7. The van der Waals surface area contributed by atoms with Crippen molar-refractivity contribution in [2.45, 2.75) is 40.0 Å². The zero-order valence-electron chi connectivity index (χ0n) is 10.1. The Balaban J connectivity index is 3.53. The summed E-state index contributed by atoms with van der Waals surface area (Å²) in [5.74, 6) is 0.435. The van der Waals surface area contributed by atoms with E-state index in [-0.39, 0.29) is 5.97 Å². The van der Waals surface area contributed by atoms with Crippen LogP contribution in [0.15, 0.2) is 24.3 Å². The molecular weight excluding hydrogens is 188 g/mol. The van der Waals surface area contributed by atoms with Crippen LogP contribution in [0.4, 0.5) is 0 Å². The smallest absolute Gasteiger partial charge is 0.305 e. The molecule has 0 N–H and O–H groups in total. The van der Waals surface area contributed by atoms with Crippen LogP contribution in [-0.2, 0) is 9.53 Å². The van der Waals surface area contributed by atoms with Gasteiger partial charge in [-0.05, 0) is 25.7 Å². The van der Waals surface area contributed by atoms with Gasteiger partial charge in [-0.15, -0.1) is 0 Å².